The number of H-pyrrole nitrogens is 1. The van der Waals surface area contributed by atoms with Crippen LogP contribution in [-0.4, -0.2) is 59.0 Å². The fourth-order valence-electron chi connectivity index (χ4n) is 3.98. The minimum Gasteiger partial charge on any atom is -0.367 e. The van der Waals surface area contributed by atoms with Gasteiger partial charge in [-0.25, -0.2) is 4.98 Å². The van der Waals surface area contributed by atoms with Crippen LogP contribution in [0.5, 0.6) is 0 Å². The van der Waals surface area contributed by atoms with Crippen LogP contribution in [0.4, 0.5) is 11.4 Å². The van der Waals surface area contributed by atoms with E-state index in [0.29, 0.717) is 11.2 Å². The van der Waals surface area contributed by atoms with E-state index in [-0.39, 0.29) is 5.91 Å². The number of piperazine rings is 1. The molecule has 7 nitrogen and oxygen atoms in total. The topological polar surface area (TPSA) is 77.1 Å². The van der Waals surface area contributed by atoms with E-state index in [2.05, 4.69) is 37.1 Å². The van der Waals surface area contributed by atoms with Crippen LogP contribution in [0, 0.1) is 0 Å². The molecule has 5 rings (SSSR count). The number of nitrogens with one attached hydrogen (secondary N) is 2. The first-order valence-corrected chi connectivity index (χ1v) is 10.4. The maximum atomic E-state index is 13.2. The fourth-order valence-corrected chi connectivity index (χ4v) is 3.98. The summed E-state index contributed by atoms with van der Waals surface area (Å²) in [5.41, 5.74) is 5.01. The van der Waals surface area contributed by atoms with Gasteiger partial charge in [-0.1, -0.05) is 30.3 Å². The molecule has 3 aromatic heterocycles. The third-order valence-corrected chi connectivity index (χ3v) is 5.77. The average Bonchev–Trinajstić information content (AvgIpc) is 3.24. The minimum absolute atomic E-state index is 0.179. The van der Waals surface area contributed by atoms with Gasteiger partial charge in [-0.2, -0.15) is 0 Å². The summed E-state index contributed by atoms with van der Waals surface area (Å²) in [4.78, 5) is 29.7. The number of aromatic amines is 1. The molecule has 0 atom stereocenters. The van der Waals surface area contributed by atoms with Gasteiger partial charge in [0.25, 0.3) is 5.91 Å². The van der Waals surface area contributed by atoms with Gasteiger partial charge in [-0.3, -0.25) is 9.78 Å². The molecule has 0 aliphatic carbocycles. The second kappa shape index (κ2) is 8.20. The second-order valence-electron chi connectivity index (χ2n) is 7.83. The molecule has 1 aliphatic rings. The third kappa shape index (κ3) is 3.87. The first-order chi connectivity index (χ1) is 15.2. The molecule has 4 aromatic rings. The smallest absolute Gasteiger partial charge is 0.257 e. The number of amides is 1. The minimum atomic E-state index is -0.179. The van der Waals surface area contributed by atoms with E-state index < -0.39 is 0 Å². The van der Waals surface area contributed by atoms with Crippen molar-refractivity contribution in [3.63, 3.8) is 0 Å². The number of carbonyl (C=O) groups is 1. The van der Waals surface area contributed by atoms with Gasteiger partial charge in [-0.15, -0.1) is 0 Å². The Morgan fingerprint density at radius 1 is 1.03 bits per heavy atom. The van der Waals surface area contributed by atoms with E-state index in [4.69, 9.17) is 0 Å². The van der Waals surface area contributed by atoms with Crippen molar-refractivity contribution >= 4 is 28.3 Å². The molecule has 0 unspecified atom stereocenters. The number of rotatable bonds is 4. The van der Waals surface area contributed by atoms with E-state index in [1.807, 2.05) is 48.7 Å². The highest BCUT2D eigenvalue weighted by atomic mass is 16.1. The standard InChI is InChI=1S/C24H24N6O/c1-29-9-11-30(12-10-29)22-7-8-25-16-21(22)28-24(31)20-15-27-23-19(20)13-18(14-26-23)17-5-3-2-4-6-17/h2-8,13-16H,9-12H2,1H3,(H,26,27)(H,28,31). The number of nitrogens with zero attached hydrogens (tertiary/aromatic N) is 4. The van der Waals surface area contributed by atoms with E-state index in [1.165, 1.54) is 0 Å². The summed E-state index contributed by atoms with van der Waals surface area (Å²) in [6, 6.07) is 14.0. The number of carbonyl (C=O) groups excluding carboxylic acids is 1. The summed E-state index contributed by atoms with van der Waals surface area (Å²) >= 11 is 0. The van der Waals surface area contributed by atoms with Crippen molar-refractivity contribution in [2.45, 2.75) is 0 Å². The summed E-state index contributed by atoms with van der Waals surface area (Å²) in [5.74, 6) is -0.179. The number of anilines is 2. The van der Waals surface area contributed by atoms with E-state index in [0.717, 1.165) is 54.1 Å². The predicted octanol–water partition coefficient (Wildman–Crippen LogP) is 3.63. The van der Waals surface area contributed by atoms with Gasteiger partial charge in [0.2, 0.25) is 0 Å². The Balaban J connectivity index is 1.44. The molecule has 7 heteroatoms. The molecular weight excluding hydrogens is 388 g/mol. The molecule has 4 heterocycles. The van der Waals surface area contributed by atoms with E-state index in [1.54, 1.807) is 18.6 Å². The number of benzene rings is 1. The average molecular weight is 412 g/mol. The van der Waals surface area contributed by atoms with Crippen LogP contribution in [-0.2, 0) is 0 Å². The van der Waals surface area contributed by atoms with Crippen molar-refractivity contribution in [1.29, 1.82) is 0 Å². The lowest BCUT2D eigenvalue weighted by Gasteiger charge is -2.34. The zero-order valence-electron chi connectivity index (χ0n) is 17.4. The lowest BCUT2D eigenvalue weighted by molar-refractivity contribution is 0.102. The Hall–Kier alpha value is -3.71. The molecule has 1 aliphatic heterocycles. The van der Waals surface area contributed by atoms with Gasteiger partial charge in [0.05, 0.1) is 23.1 Å². The monoisotopic (exact) mass is 412 g/mol. The van der Waals surface area contributed by atoms with Crippen LogP contribution in [0.15, 0.2) is 67.3 Å². The number of fused-ring (bicyclic) bond motifs is 1. The van der Waals surface area contributed by atoms with Gasteiger partial charge in [0.1, 0.15) is 5.65 Å². The summed E-state index contributed by atoms with van der Waals surface area (Å²) in [7, 11) is 2.13. The van der Waals surface area contributed by atoms with Gasteiger partial charge in [0.15, 0.2) is 0 Å². The van der Waals surface area contributed by atoms with Gasteiger partial charge >= 0.3 is 0 Å². The normalized spacial score (nSPS) is 14.7. The van der Waals surface area contributed by atoms with Crippen LogP contribution in [0.25, 0.3) is 22.2 Å². The zero-order chi connectivity index (χ0) is 21.2. The summed E-state index contributed by atoms with van der Waals surface area (Å²) in [5, 5.41) is 3.86. The number of aromatic nitrogens is 3. The molecule has 1 aromatic carbocycles. The third-order valence-electron chi connectivity index (χ3n) is 5.77. The van der Waals surface area contributed by atoms with Gasteiger partial charge < -0.3 is 20.1 Å². The molecule has 31 heavy (non-hydrogen) atoms. The maximum absolute atomic E-state index is 13.2. The first-order valence-electron chi connectivity index (χ1n) is 10.4. The molecule has 2 N–H and O–H groups in total. The van der Waals surface area contributed by atoms with E-state index in [9.17, 15) is 4.79 Å². The molecule has 0 spiro atoms. The molecule has 0 bridgehead atoms. The Bertz CT molecular complexity index is 1210. The number of pyridine rings is 2. The van der Waals surface area contributed by atoms with Crippen molar-refractivity contribution in [3.05, 3.63) is 72.8 Å². The summed E-state index contributed by atoms with van der Waals surface area (Å²) < 4.78 is 0. The van der Waals surface area contributed by atoms with Crippen LogP contribution >= 0.6 is 0 Å². The molecule has 1 fully saturated rings. The number of hydrogen-bond donors (Lipinski definition) is 2. The second-order valence-corrected chi connectivity index (χ2v) is 7.83. The van der Waals surface area contributed by atoms with E-state index >= 15 is 0 Å². The van der Waals surface area contributed by atoms with Crippen LogP contribution in [0.3, 0.4) is 0 Å². The molecule has 0 saturated carbocycles. The molecule has 0 radical (unpaired) electrons. The fraction of sp³-hybridized carbons (Fsp3) is 0.208. The molecule has 156 valence electrons. The maximum Gasteiger partial charge on any atom is 0.257 e. The van der Waals surface area contributed by atoms with Crippen molar-refractivity contribution in [2.24, 2.45) is 0 Å². The Morgan fingerprint density at radius 2 is 1.84 bits per heavy atom. The van der Waals surface area contributed by atoms with Crippen LogP contribution in [0.2, 0.25) is 0 Å². The van der Waals surface area contributed by atoms with Crippen LogP contribution < -0.4 is 10.2 Å². The van der Waals surface area contributed by atoms with Crippen LogP contribution in [0.1, 0.15) is 10.4 Å². The Morgan fingerprint density at radius 3 is 2.65 bits per heavy atom. The summed E-state index contributed by atoms with van der Waals surface area (Å²) in [6.07, 6.45) is 7.02. The highest BCUT2D eigenvalue weighted by Crippen LogP contribution is 2.28. The predicted molar refractivity (Wildman–Crippen MR) is 123 cm³/mol. The van der Waals surface area contributed by atoms with Crippen molar-refractivity contribution in [1.82, 2.24) is 19.9 Å². The lowest BCUT2D eigenvalue weighted by atomic mass is 10.1. The van der Waals surface area contributed by atoms with Crippen molar-refractivity contribution < 1.29 is 4.79 Å². The molecular formula is C24H24N6O. The van der Waals surface area contributed by atoms with Gasteiger partial charge in [0, 0.05) is 55.7 Å². The Kier molecular flexibility index (Phi) is 5.09. The van der Waals surface area contributed by atoms with Crippen molar-refractivity contribution in [3.8, 4) is 11.1 Å². The molecule has 1 saturated heterocycles. The molecule has 1 amide bonds. The zero-order valence-corrected chi connectivity index (χ0v) is 17.4. The number of likely N-dealkylation sites (N-methyl/N-ethyl adjacent to an activating group) is 1. The highest BCUT2D eigenvalue weighted by molar-refractivity contribution is 6.13. The first kappa shape index (κ1) is 19.3. The van der Waals surface area contributed by atoms with Crippen molar-refractivity contribution in [2.75, 3.05) is 43.4 Å². The number of hydrogen-bond acceptors (Lipinski definition) is 5. The van der Waals surface area contributed by atoms with Gasteiger partial charge in [-0.05, 0) is 24.7 Å². The SMILES string of the molecule is CN1CCN(c2ccncc2NC(=O)c2c[nH]c3ncc(-c4ccccc4)cc23)CC1. The summed E-state index contributed by atoms with van der Waals surface area (Å²) in [6.45, 7) is 3.82. The highest BCUT2D eigenvalue weighted by Gasteiger charge is 2.20. The quantitative estimate of drug-likeness (QED) is 0.535. The largest absolute Gasteiger partial charge is 0.367 e. The Labute approximate surface area is 180 Å². The lowest BCUT2D eigenvalue weighted by Crippen LogP contribution is -2.44.